The van der Waals surface area contributed by atoms with Crippen LogP contribution in [-0.4, -0.2) is 25.1 Å². The minimum absolute atomic E-state index is 0.0697. The molecule has 0 bridgehead atoms. The molecule has 0 unspecified atom stereocenters. The average Bonchev–Trinajstić information content (AvgIpc) is 2.85. The Morgan fingerprint density at radius 1 is 1.56 bits per heavy atom. The Kier molecular flexibility index (Phi) is 3.51. The molecule has 1 atom stereocenters. The summed E-state index contributed by atoms with van der Waals surface area (Å²) in [6.07, 6.45) is 2.60. The Labute approximate surface area is 110 Å². The van der Waals surface area contributed by atoms with Gasteiger partial charge in [-0.3, -0.25) is 15.2 Å². The summed E-state index contributed by atoms with van der Waals surface area (Å²) in [5.74, 6) is 1.16. The number of halogens is 1. The van der Waals surface area contributed by atoms with Crippen LogP contribution in [0.5, 0.6) is 0 Å². The zero-order valence-corrected chi connectivity index (χ0v) is 10.9. The third kappa shape index (κ3) is 2.62. The van der Waals surface area contributed by atoms with Crippen molar-refractivity contribution in [3.05, 3.63) is 39.0 Å². The Morgan fingerprint density at radius 2 is 2.33 bits per heavy atom. The van der Waals surface area contributed by atoms with E-state index in [1.807, 2.05) is 6.92 Å². The van der Waals surface area contributed by atoms with Crippen LogP contribution in [-0.2, 0) is 0 Å². The van der Waals surface area contributed by atoms with Gasteiger partial charge in [0.15, 0.2) is 0 Å². The van der Waals surface area contributed by atoms with Crippen LogP contribution in [0.3, 0.4) is 0 Å². The predicted octanol–water partition coefficient (Wildman–Crippen LogP) is 2.04. The maximum absolute atomic E-state index is 10.6. The smallest absolute Gasteiger partial charge is 0.288 e. The molecule has 0 aliphatic rings. The molecule has 0 spiro atoms. The number of nitrogens with zero attached hydrogens (tertiary/aromatic N) is 4. The molecule has 0 aliphatic heterocycles. The molecule has 2 N–H and O–H groups in total. The first-order valence-corrected chi connectivity index (χ1v) is 5.79. The van der Waals surface area contributed by atoms with E-state index in [1.165, 1.54) is 18.6 Å². The summed E-state index contributed by atoms with van der Waals surface area (Å²) in [5, 5.41) is 20.1. The zero-order valence-electron chi connectivity index (χ0n) is 9.29. The fourth-order valence-corrected chi connectivity index (χ4v) is 1.78. The first kappa shape index (κ1) is 12.4. The SMILES string of the molecule is C[C@H](Nc1ncc([N+](=O)[O-])cc1Br)c1ncn[nH]1. The van der Waals surface area contributed by atoms with Crippen molar-refractivity contribution in [3.63, 3.8) is 0 Å². The van der Waals surface area contributed by atoms with Gasteiger partial charge in [0, 0.05) is 6.07 Å². The highest BCUT2D eigenvalue weighted by molar-refractivity contribution is 9.10. The highest BCUT2D eigenvalue weighted by Gasteiger charge is 2.14. The lowest BCUT2D eigenvalue weighted by Crippen LogP contribution is -2.10. The highest BCUT2D eigenvalue weighted by atomic mass is 79.9. The van der Waals surface area contributed by atoms with Gasteiger partial charge in [0.1, 0.15) is 24.2 Å². The first-order valence-electron chi connectivity index (χ1n) is 4.99. The maximum atomic E-state index is 10.6. The summed E-state index contributed by atoms with van der Waals surface area (Å²) in [6, 6.07) is 1.25. The van der Waals surface area contributed by atoms with E-state index < -0.39 is 4.92 Å². The van der Waals surface area contributed by atoms with Gasteiger partial charge in [-0.05, 0) is 22.9 Å². The largest absolute Gasteiger partial charge is 0.359 e. The Balaban J connectivity index is 2.17. The van der Waals surface area contributed by atoms with Crippen molar-refractivity contribution in [1.82, 2.24) is 20.2 Å². The Bertz CT molecular complexity index is 558. The molecule has 8 nitrogen and oxygen atoms in total. The van der Waals surface area contributed by atoms with E-state index in [2.05, 4.69) is 41.4 Å². The molecule has 9 heteroatoms. The monoisotopic (exact) mass is 312 g/mol. The molecule has 94 valence electrons. The minimum atomic E-state index is -0.499. The number of hydrogen-bond acceptors (Lipinski definition) is 6. The van der Waals surface area contributed by atoms with Crippen molar-refractivity contribution >= 4 is 27.4 Å². The third-order valence-electron chi connectivity index (χ3n) is 2.23. The van der Waals surface area contributed by atoms with Gasteiger partial charge in [0.2, 0.25) is 0 Å². The van der Waals surface area contributed by atoms with Crippen molar-refractivity contribution in [2.75, 3.05) is 5.32 Å². The number of pyridine rings is 1. The molecule has 0 amide bonds. The van der Waals surface area contributed by atoms with Crippen LogP contribution >= 0.6 is 15.9 Å². The van der Waals surface area contributed by atoms with Crippen molar-refractivity contribution < 1.29 is 4.92 Å². The van der Waals surface area contributed by atoms with Crippen LogP contribution in [0.15, 0.2) is 23.1 Å². The summed E-state index contributed by atoms with van der Waals surface area (Å²) in [7, 11) is 0. The van der Waals surface area contributed by atoms with Gasteiger partial charge in [-0.1, -0.05) is 0 Å². The molecule has 2 rings (SSSR count). The number of anilines is 1. The van der Waals surface area contributed by atoms with E-state index in [-0.39, 0.29) is 11.7 Å². The van der Waals surface area contributed by atoms with Crippen LogP contribution in [0.1, 0.15) is 18.8 Å². The second-order valence-electron chi connectivity index (χ2n) is 3.52. The molecule has 0 radical (unpaired) electrons. The Morgan fingerprint density at radius 3 is 2.89 bits per heavy atom. The molecule has 2 heterocycles. The van der Waals surface area contributed by atoms with E-state index in [0.717, 1.165) is 0 Å². The molecule has 0 aliphatic carbocycles. The lowest BCUT2D eigenvalue weighted by atomic mass is 10.3. The van der Waals surface area contributed by atoms with E-state index in [4.69, 9.17) is 0 Å². The van der Waals surface area contributed by atoms with Gasteiger partial charge < -0.3 is 5.32 Å². The summed E-state index contributed by atoms with van der Waals surface area (Å²) in [5.41, 5.74) is -0.0697. The topological polar surface area (TPSA) is 110 Å². The minimum Gasteiger partial charge on any atom is -0.359 e. The normalized spacial score (nSPS) is 12.1. The first-order chi connectivity index (χ1) is 8.58. The van der Waals surface area contributed by atoms with E-state index in [1.54, 1.807) is 0 Å². The number of rotatable bonds is 4. The van der Waals surface area contributed by atoms with Crippen molar-refractivity contribution in [2.24, 2.45) is 0 Å². The standard InChI is InChI=1S/C9H9BrN6O2/c1-5(8-12-4-13-15-8)14-9-7(10)2-6(3-11-9)16(17)18/h2-5H,1H3,(H,11,14)(H,12,13,15)/t5-/m0/s1. The molecule has 2 aromatic rings. The van der Waals surface area contributed by atoms with Crippen LogP contribution in [0.4, 0.5) is 11.5 Å². The van der Waals surface area contributed by atoms with E-state index >= 15 is 0 Å². The molecule has 0 saturated heterocycles. The number of nitro groups is 1. The number of H-pyrrole nitrogens is 1. The highest BCUT2D eigenvalue weighted by Crippen LogP contribution is 2.26. The van der Waals surface area contributed by atoms with E-state index in [9.17, 15) is 10.1 Å². The number of aromatic amines is 1. The van der Waals surface area contributed by atoms with Crippen LogP contribution in [0.2, 0.25) is 0 Å². The Hall–Kier alpha value is -2.03. The second kappa shape index (κ2) is 5.08. The van der Waals surface area contributed by atoms with Gasteiger partial charge in [-0.2, -0.15) is 5.10 Å². The predicted molar refractivity (Wildman–Crippen MR) is 67.0 cm³/mol. The number of hydrogen-bond donors (Lipinski definition) is 2. The van der Waals surface area contributed by atoms with Crippen molar-refractivity contribution in [1.29, 1.82) is 0 Å². The van der Waals surface area contributed by atoms with Gasteiger partial charge in [-0.15, -0.1) is 0 Å². The maximum Gasteiger partial charge on any atom is 0.288 e. The summed E-state index contributed by atoms with van der Waals surface area (Å²) >= 11 is 3.23. The molecule has 0 fully saturated rings. The molecule has 0 saturated carbocycles. The average molecular weight is 313 g/mol. The number of nitrogens with one attached hydrogen (secondary N) is 2. The van der Waals surface area contributed by atoms with Crippen molar-refractivity contribution in [2.45, 2.75) is 13.0 Å². The van der Waals surface area contributed by atoms with Crippen molar-refractivity contribution in [3.8, 4) is 0 Å². The second-order valence-corrected chi connectivity index (χ2v) is 4.37. The molecule has 18 heavy (non-hydrogen) atoms. The fraction of sp³-hybridized carbons (Fsp3) is 0.222. The molecular formula is C9H9BrN6O2. The number of aromatic nitrogens is 4. The lowest BCUT2D eigenvalue weighted by Gasteiger charge is -2.12. The van der Waals surface area contributed by atoms with Crippen LogP contribution in [0.25, 0.3) is 0 Å². The van der Waals surface area contributed by atoms with Gasteiger partial charge in [-0.25, -0.2) is 9.97 Å². The lowest BCUT2D eigenvalue weighted by molar-refractivity contribution is -0.385. The summed E-state index contributed by atoms with van der Waals surface area (Å²) in [4.78, 5) is 18.1. The van der Waals surface area contributed by atoms with Gasteiger partial charge >= 0.3 is 0 Å². The van der Waals surface area contributed by atoms with Gasteiger partial charge in [0.25, 0.3) is 5.69 Å². The zero-order chi connectivity index (χ0) is 13.1. The van der Waals surface area contributed by atoms with Crippen LogP contribution in [0, 0.1) is 10.1 Å². The molecule has 2 aromatic heterocycles. The molecular weight excluding hydrogens is 304 g/mol. The van der Waals surface area contributed by atoms with Gasteiger partial charge in [0.05, 0.1) is 15.4 Å². The molecule has 0 aromatic carbocycles. The van der Waals surface area contributed by atoms with E-state index in [0.29, 0.717) is 16.1 Å². The van der Waals surface area contributed by atoms with Crippen LogP contribution < -0.4 is 5.32 Å². The third-order valence-corrected chi connectivity index (χ3v) is 2.84. The quantitative estimate of drug-likeness (QED) is 0.660. The summed E-state index contributed by atoms with van der Waals surface area (Å²) < 4.78 is 0.517. The fourth-order valence-electron chi connectivity index (χ4n) is 1.33. The summed E-state index contributed by atoms with van der Waals surface area (Å²) in [6.45, 7) is 1.87.